The van der Waals surface area contributed by atoms with Crippen LogP contribution in [-0.2, 0) is 11.2 Å². The molecule has 1 aromatic rings. The molecule has 0 aromatic carbocycles. The number of aryl methyl sites for hydroxylation is 1. The van der Waals surface area contributed by atoms with Gasteiger partial charge in [0.2, 0.25) is 0 Å². The second kappa shape index (κ2) is 6.86. The van der Waals surface area contributed by atoms with Gasteiger partial charge >= 0.3 is 0 Å². The van der Waals surface area contributed by atoms with Crippen LogP contribution in [0, 0.1) is 6.92 Å². The first kappa shape index (κ1) is 13.5. The Hall–Kier alpha value is -0.930. The van der Waals surface area contributed by atoms with Crippen LogP contribution >= 0.6 is 0 Å². The van der Waals surface area contributed by atoms with Gasteiger partial charge in [0.1, 0.15) is 0 Å². The Morgan fingerprint density at radius 2 is 2.33 bits per heavy atom. The highest BCUT2D eigenvalue weighted by Gasteiger charge is 2.24. The molecule has 3 heteroatoms. The second-order valence-corrected chi connectivity index (χ2v) is 5.10. The minimum Gasteiger partial charge on any atom is -0.377 e. The summed E-state index contributed by atoms with van der Waals surface area (Å²) in [4.78, 5) is 4.50. The van der Waals surface area contributed by atoms with E-state index in [9.17, 15) is 0 Å². The molecule has 2 heterocycles. The second-order valence-electron chi connectivity index (χ2n) is 5.10. The van der Waals surface area contributed by atoms with Crippen molar-refractivity contribution in [3.05, 3.63) is 29.6 Å². The quantitative estimate of drug-likeness (QED) is 0.869. The molecule has 0 bridgehead atoms. The lowest BCUT2D eigenvalue weighted by Gasteiger charge is -2.31. The SMILES string of the molecule is CCNC(Cc1ccc(C)cn1)C1CCCCO1. The Morgan fingerprint density at radius 3 is 2.94 bits per heavy atom. The summed E-state index contributed by atoms with van der Waals surface area (Å²) in [5.74, 6) is 0. The molecule has 100 valence electrons. The van der Waals surface area contributed by atoms with E-state index in [2.05, 4.69) is 36.3 Å². The van der Waals surface area contributed by atoms with Crippen molar-refractivity contribution < 1.29 is 4.74 Å². The molecule has 1 aliphatic heterocycles. The molecular formula is C15H24N2O. The number of nitrogens with one attached hydrogen (secondary N) is 1. The van der Waals surface area contributed by atoms with Gasteiger partial charge in [0.15, 0.2) is 0 Å². The van der Waals surface area contributed by atoms with Gasteiger partial charge in [-0.1, -0.05) is 13.0 Å². The third-order valence-corrected chi connectivity index (χ3v) is 3.53. The lowest BCUT2D eigenvalue weighted by Crippen LogP contribution is -2.44. The number of likely N-dealkylation sites (N-methyl/N-ethyl adjacent to an activating group) is 1. The van der Waals surface area contributed by atoms with Crippen LogP contribution in [0.15, 0.2) is 18.3 Å². The minimum atomic E-state index is 0.349. The van der Waals surface area contributed by atoms with Gasteiger partial charge in [0, 0.05) is 31.0 Å². The van der Waals surface area contributed by atoms with Gasteiger partial charge in [0.05, 0.1) is 6.10 Å². The highest BCUT2D eigenvalue weighted by atomic mass is 16.5. The van der Waals surface area contributed by atoms with Crippen LogP contribution in [0.2, 0.25) is 0 Å². The van der Waals surface area contributed by atoms with Gasteiger partial charge in [-0.3, -0.25) is 4.98 Å². The van der Waals surface area contributed by atoms with Gasteiger partial charge in [-0.2, -0.15) is 0 Å². The van der Waals surface area contributed by atoms with E-state index in [-0.39, 0.29) is 0 Å². The van der Waals surface area contributed by atoms with Crippen LogP contribution in [0.3, 0.4) is 0 Å². The molecule has 3 nitrogen and oxygen atoms in total. The fourth-order valence-electron chi connectivity index (χ4n) is 2.52. The summed E-state index contributed by atoms with van der Waals surface area (Å²) in [6, 6.07) is 4.65. The predicted molar refractivity (Wildman–Crippen MR) is 73.7 cm³/mol. The van der Waals surface area contributed by atoms with Crippen molar-refractivity contribution in [3.8, 4) is 0 Å². The topological polar surface area (TPSA) is 34.2 Å². The van der Waals surface area contributed by atoms with Crippen LogP contribution in [0.1, 0.15) is 37.4 Å². The summed E-state index contributed by atoms with van der Waals surface area (Å²) in [6.45, 7) is 6.12. The summed E-state index contributed by atoms with van der Waals surface area (Å²) in [5.41, 5.74) is 2.37. The molecule has 1 aliphatic rings. The van der Waals surface area contributed by atoms with E-state index >= 15 is 0 Å². The molecule has 1 aromatic heterocycles. The van der Waals surface area contributed by atoms with Crippen molar-refractivity contribution in [1.82, 2.24) is 10.3 Å². The van der Waals surface area contributed by atoms with E-state index in [1.165, 1.54) is 24.8 Å². The molecule has 18 heavy (non-hydrogen) atoms. The Balaban J connectivity index is 1.98. The summed E-state index contributed by atoms with van der Waals surface area (Å²) >= 11 is 0. The third-order valence-electron chi connectivity index (χ3n) is 3.53. The number of nitrogens with zero attached hydrogens (tertiary/aromatic N) is 1. The molecule has 2 unspecified atom stereocenters. The molecule has 0 spiro atoms. The molecule has 1 fully saturated rings. The maximum atomic E-state index is 5.90. The fraction of sp³-hybridized carbons (Fsp3) is 0.667. The van der Waals surface area contributed by atoms with E-state index in [0.29, 0.717) is 12.1 Å². The highest BCUT2D eigenvalue weighted by Crippen LogP contribution is 2.18. The number of aromatic nitrogens is 1. The monoisotopic (exact) mass is 248 g/mol. The van der Waals surface area contributed by atoms with E-state index < -0.39 is 0 Å². The Kier molecular flexibility index (Phi) is 5.14. The third kappa shape index (κ3) is 3.79. The zero-order valence-corrected chi connectivity index (χ0v) is 11.5. The average Bonchev–Trinajstić information content (AvgIpc) is 2.42. The van der Waals surface area contributed by atoms with Crippen LogP contribution in [0.4, 0.5) is 0 Å². The molecule has 0 saturated carbocycles. The molecule has 0 radical (unpaired) electrons. The first-order valence-corrected chi connectivity index (χ1v) is 7.06. The lowest BCUT2D eigenvalue weighted by atomic mass is 9.98. The average molecular weight is 248 g/mol. The molecule has 0 amide bonds. The Morgan fingerprint density at radius 1 is 1.44 bits per heavy atom. The standard InChI is InChI=1S/C15H24N2O/c1-3-16-14(15-6-4-5-9-18-15)10-13-8-7-12(2)11-17-13/h7-8,11,14-16H,3-6,9-10H2,1-2H3. The first-order chi connectivity index (χ1) is 8.79. The number of pyridine rings is 1. The van der Waals surface area contributed by atoms with Crippen LogP contribution in [-0.4, -0.2) is 30.3 Å². The number of hydrogen-bond acceptors (Lipinski definition) is 3. The van der Waals surface area contributed by atoms with Crippen molar-refractivity contribution in [1.29, 1.82) is 0 Å². The fourth-order valence-corrected chi connectivity index (χ4v) is 2.52. The Bertz CT molecular complexity index is 344. The van der Waals surface area contributed by atoms with Crippen molar-refractivity contribution in [3.63, 3.8) is 0 Å². The molecule has 0 aliphatic carbocycles. The first-order valence-electron chi connectivity index (χ1n) is 7.06. The van der Waals surface area contributed by atoms with Crippen molar-refractivity contribution in [2.45, 2.75) is 51.7 Å². The van der Waals surface area contributed by atoms with E-state index in [0.717, 1.165) is 25.3 Å². The molecule has 2 atom stereocenters. The molecule has 2 rings (SSSR count). The number of ether oxygens (including phenoxy) is 1. The summed E-state index contributed by atoms with van der Waals surface area (Å²) in [5, 5.41) is 3.55. The maximum Gasteiger partial charge on any atom is 0.0731 e. The van der Waals surface area contributed by atoms with Gasteiger partial charge in [-0.15, -0.1) is 0 Å². The summed E-state index contributed by atoms with van der Waals surface area (Å²) in [7, 11) is 0. The summed E-state index contributed by atoms with van der Waals surface area (Å²) in [6.07, 6.45) is 6.91. The number of rotatable bonds is 5. The predicted octanol–water partition coefficient (Wildman–Crippen LogP) is 2.48. The van der Waals surface area contributed by atoms with E-state index in [1.54, 1.807) is 0 Å². The maximum absolute atomic E-state index is 5.90. The smallest absolute Gasteiger partial charge is 0.0731 e. The molecular weight excluding hydrogens is 224 g/mol. The summed E-state index contributed by atoms with van der Waals surface area (Å²) < 4.78 is 5.90. The van der Waals surface area contributed by atoms with Gasteiger partial charge in [-0.25, -0.2) is 0 Å². The van der Waals surface area contributed by atoms with Crippen molar-refractivity contribution >= 4 is 0 Å². The minimum absolute atomic E-state index is 0.349. The van der Waals surface area contributed by atoms with Crippen LogP contribution < -0.4 is 5.32 Å². The van der Waals surface area contributed by atoms with Gasteiger partial charge < -0.3 is 10.1 Å². The zero-order valence-electron chi connectivity index (χ0n) is 11.5. The lowest BCUT2D eigenvalue weighted by molar-refractivity contribution is -0.00727. The van der Waals surface area contributed by atoms with Crippen LogP contribution in [0.25, 0.3) is 0 Å². The Labute approximate surface area is 110 Å². The zero-order chi connectivity index (χ0) is 12.8. The van der Waals surface area contributed by atoms with Crippen molar-refractivity contribution in [2.75, 3.05) is 13.2 Å². The molecule has 1 saturated heterocycles. The van der Waals surface area contributed by atoms with Crippen LogP contribution in [0.5, 0.6) is 0 Å². The van der Waals surface area contributed by atoms with E-state index in [1.807, 2.05) is 6.20 Å². The van der Waals surface area contributed by atoms with E-state index in [4.69, 9.17) is 4.74 Å². The van der Waals surface area contributed by atoms with Crippen molar-refractivity contribution in [2.24, 2.45) is 0 Å². The van der Waals surface area contributed by atoms with Gasteiger partial charge in [-0.05, 0) is 44.4 Å². The highest BCUT2D eigenvalue weighted by molar-refractivity contribution is 5.13. The van der Waals surface area contributed by atoms with Gasteiger partial charge in [0.25, 0.3) is 0 Å². The number of hydrogen-bond donors (Lipinski definition) is 1. The largest absolute Gasteiger partial charge is 0.377 e. The molecule has 1 N–H and O–H groups in total. The normalized spacial score (nSPS) is 21.8.